The van der Waals surface area contributed by atoms with Crippen molar-refractivity contribution in [2.45, 2.75) is 42.6 Å². The van der Waals surface area contributed by atoms with Crippen LogP contribution >= 0.6 is 58.0 Å². The van der Waals surface area contributed by atoms with Gasteiger partial charge in [0.2, 0.25) is 15.9 Å². The monoisotopic (exact) mass is 405 g/mol. The third-order valence-corrected chi connectivity index (χ3v) is 3.86. The van der Waals surface area contributed by atoms with E-state index in [2.05, 4.69) is 5.32 Å². The first kappa shape index (κ1) is 20.0. The highest BCUT2D eigenvalue weighted by Gasteiger charge is 2.36. The lowest BCUT2D eigenvalue weighted by Gasteiger charge is -2.26. The SMILES string of the molecule is CCCCCC(=O)N[C@H](Oc1ccc(Cl)cc1Cl)C(Cl)(Cl)Cl. The second-order valence-electron chi connectivity index (χ2n) is 4.64. The summed E-state index contributed by atoms with van der Waals surface area (Å²) in [6.07, 6.45) is 1.90. The summed E-state index contributed by atoms with van der Waals surface area (Å²) in [4.78, 5) is 11.9. The van der Waals surface area contributed by atoms with E-state index < -0.39 is 10.0 Å². The molecule has 1 rings (SSSR count). The van der Waals surface area contributed by atoms with Crippen LogP contribution in [0.2, 0.25) is 10.0 Å². The van der Waals surface area contributed by atoms with Crippen LogP contribution in [0, 0.1) is 0 Å². The first-order valence-corrected chi connectivity index (χ1v) is 8.60. The van der Waals surface area contributed by atoms with E-state index in [1.54, 1.807) is 6.07 Å². The lowest BCUT2D eigenvalue weighted by atomic mass is 10.2. The number of benzene rings is 1. The number of carbonyl (C=O) groups is 1. The molecule has 0 aliphatic carbocycles. The summed E-state index contributed by atoms with van der Waals surface area (Å²) in [5.74, 6) is 0.00566. The van der Waals surface area contributed by atoms with Gasteiger partial charge in [-0.25, -0.2) is 0 Å². The van der Waals surface area contributed by atoms with E-state index in [0.717, 1.165) is 19.3 Å². The Bertz CT molecular complexity index is 504. The van der Waals surface area contributed by atoms with Crippen molar-refractivity contribution in [1.29, 1.82) is 0 Å². The van der Waals surface area contributed by atoms with Crippen LogP contribution in [0.4, 0.5) is 0 Å². The number of unbranched alkanes of at least 4 members (excludes halogenated alkanes) is 2. The summed E-state index contributed by atoms with van der Waals surface area (Å²) in [5.41, 5.74) is 0. The molecule has 3 nitrogen and oxygen atoms in total. The molecule has 0 heterocycles. The lowest BCUT2D eigenvalue weighted by Crippen LogP contribution is -2.47. The molecule has 0 spiro atoms. The first-order chi connectivity index (χ1) is 10.2. The topological polar surface area (TPSA) is 38.3 Å². The molecule has 0 bridgehead atoms. The number of hydrogen-bond donors (Lipinski definition) is 1. The van der Waals surface area contributed by atoms with Gasteiger partial charge in [-0.1, -0.05) is 77.8 Å². The fourth-order valence-electron chi connectivity index (χ4n) is 1.63. The van der Waals surface area contributed by atoms with Crippen molar-refractivity contribution < 1.29 is 9.53 Å². The maximum absolute atomic E-state index is 11.9. The molecule has 1 amide bonds. The third-order valence-electron chi connectivity index (χ3n) is 2.74. The van der Waals surface area contributed by atoms with Crippen LogP contribution in [0.5, 0.6) is 5.75 Å². The molecule has 1 aromatic carbocycles. The highest BCUT2D eigenvalue weighted by atomic mass is 35.6. The maximum atomic E-state index is 11.9. The molecular weight excluding hydrogens is 391 g/mol. The molecule has 0 saturated heterocycles. The molecule has 8 heteroatoms. The van der Waals surface area contributed by atoms with Gasteiger partial charge in [0.25, 0.3) is 0 Å². The molecule has 0 radical (unpaired) electrons. The van der Waals surface area contributed by atoms with Crippen molar-refractivity contribution in [2.24, 2.45) is 0 Å². The number of hydrogen-bond acceptors (Lipinski definition) is 2. The van der Waals surface area contributed by atoms with Crippen LogP contribution in [0.3, 0.4) is 0 Å². The van der Waals surface area contributed by atoms with E-state index in [4.69, 9.17) is 62.7 Å². The second kappa shape index (κ2) is 9.29. The van der Waals surface area contributed by atoms with Gasteiger partial charge in [-0.3, -0.25) is 4.79 Å². The van der Waals surface area contributed by atoms with E-state index in [1.165, 1.54) is 12.1 Å². The van der Waals surface area contributed by atoms with Crippen molar-refractivity contribution in [3.63, 3.8) is 0 Å². The van der Waals surface area contributed by atoms with Crippen molar-refractivity contribution >= 4 is 63.9 Å². The summed E-state index contributed by atoms with van der Waals surface area (Å²) in [6, 6.07) is 4.62. The third kappa shape index (κ3) is 7.01. The van der Waals surface area contributed by atoms with Gasteiger partial charge in [-0.2, -0.15) is 0 Å². The van der Waals surface area contributed by atoms with Gasteiger partial charge >= 0.3 is 0 Å². The zero-order valence-corrected chi connectivity index (χ0v) is 15.6. The summed E-state index contributed by atoms with van der Waals surface area (Å²) in [5, 5.41) is 3.26. The van der Waals surface area contributed by atoms with Crippen LogP contribution < -0.4 is 10.1 Å². The van der Waals surface area contributed by atoms with Gasteiger partial charge in [0.15, 0.2) is 0 Å². The number of halogens is 5. The zero-order chi connectivity index (χ0) is 16.8. The fourth-order valence-corrected chi connectivity index (χ4v) is 2.38. The largest absolute Gasteiger partial charge is 0.464 e. The van der Waals surface area contributed by atoms with Crippen LogP contribution in [0.25, 0.3) is 0 Å². The zero-order valence-electron chi connectivity index (χ0n) is 11.8. The van der Waals surface area contributed by atoms with Crippen LogP contribution in [-0.2, 0) is 4.79 Å². The number of rotatable bonds is 7. The average Bonchev–Trinajstić information content (AvgIpc) is 2.40. The van der Waals surface area contributed by atoms with E-state index in [9.17, 15) is 4.79 Å². The molecule has 0 aliphatic heterocycles. The molecule has 124 valence electrons. The standard InChI is InChI=1S/C14H16Cl5NO2/c1-2-3-4-5-12(21)20-13(14(17,18)19)22-11-7-6-9(15)8-10(11)16/h6-8,13H,2-5H2,1H3,(H,20,21)/t13-/m1/s1. The number of carbonyl (C=O) groups excluding carboxylic acids is 1. The molecular formula is C14H16Cl5NO2. The van der Waals surface area contributed by atoms with Crippen molar-refractivity contribution in [3.8, 4) is 5.75 Å². The Morgan fingerprint density at radius 1 is 1.27 bits per heavy atom. The van der Waals surface area contributed by atoms with E-state index >= 15 is 0 Å². The molecule has 22 heavy (non-hydrogen) atoms. The Morgan fingerprint density at radius 2 is 1.95 bits per heavy atom. The highest BCUT2D eigenvalue weighted by Crippen LogP contribution is 2.35. The Balaban J connectivity index is 2.75. The summed E-state index contributed by atoms with van der Waals surface area (Å²) in [6.45, 7) is 2.05. The van der Waals surface area contributed by atoms with Gasteiger partial charge < -0.3 is 10.1 Å². The minimum atomic E-state index is -1.84. The quantitative estimate of drug-likeness (QED) is 0.354. The molecule has 0 fully saturated rings. The Morgan fingerprint density at radius 3 is 2.50 bits per heavy atom. The summed E-state index contributed by atoms with van der Waals surface area (Å²) >= 11 is 29.4. The summed E-state index contributed by atoms with van der Waals surface area (Å²) in [7, 11) is 0. The van der Waals surface area contributed by atoms with Gasteiger partial charge in [0, 0.05) is 11.4 Å². The van der Waals surface area contributed by atoms with Gasteiger partial charge in [0.05, 0.1) is 5.02 Å². The van der Waals surface area contributed by atoms with Crippen molar-refractivity contribution in [2.75, 3.05) is 0 Å². The molecule has 1 aromatic rings. The average molecular weight is 408 g/mol. The molecule has 0 saturated carbocycles. The summed E-state index contributed by atoms with van der Waals surface area (Å²) < 4.78 is 3.68. The van der Waals surface area contributed by atoms with Crippen LogP contribution in [0.1, 0.15) is 32.6 Å². The van der Waals surface area contributed by atoms with Crippen molar-refractivity contribution in [1.82, 2.24) is 5.32 Å². The molecule has 0 unspecified atom stereocenters. The smallest absolute Gasteiger partial charge is 0.246 e. The molecule has 0 aliphatic rings. The number of ether oxygens (including phenoxy) is 1. The number of amides is 1. The van der Waals surface area contributed by atoms with Gasteiger partial charge in [-0.15, -0.1) is 0 Å². The predicted molar refractivity (Wildman–Crippen MR) is 93.5 cm³/mol. The van der Waals surface area contributed by atoms with Gasteiger partial charge in [-0.05, 0) is 24.6 Å². The van der Waals surface area contributed by atoms with Gasteiger partial charge in [0.1, 0.15) is 5.75 Å². The molecule has 1 N–H and O–H groups in total. The minimum Gasteiger partial charge on any atom is -0.464 e. The Kier molecular flexibility index (Phi) is 8.44. The first-order valence-electron chi connectivity index (χ1n) is 6.71. The Hall–Kier alpha value is -0.0600. The van der Waals surface area contributed by atoms with Crippen LogP contribution in [-0.4, -0.2) is 15.9 Å². The van der Waals surface area contributed by atoms with E-state index in [1.807, 2.05) is 6.92 Å². The van der Waals surface area contributed by atoms with Crippen LogP contribution in [0.15, 0.2) is 18.2 Å². The maximum Gasteiger partial charge on any atom is 0.246 e. The predicted octanol–water partition coefficient (Wildman–Crippen LogP) is 5.77. The normalized spacial score (nSPS) is 12.8. The lowest BCUT2D eigenvalue weighted by molar-refractivity contribution is -0.123. The van der Waals surface area contributed by atoms with Crippen molar-refractivity contribution in [3.05, 3.63) is 28.2 Å². The minimum absolute atomic E-state index is 0.255. The fraction of sp³-hybridized carbons (Fsp3) is 0.500. The van der Waals surface area contributed by atoms with E-state index in [0.29, 0.717) is 11.4 Å². The second-order valence-corrected chi connectivity index (χ2v) is 7.85. The number of alkyl halides is 3. The molecule has 0 aromatic heterocycles. The highest BCUT2D eigenvalue weighted by molar-refractivity contribution is 6.68. The number of nitrogens with one attached hydrogen (secondary N) is 1. The van der Waals surface area contributed by atoms with E-state index in [-0.39, 0.29) is 16.7 Å². The molecule has 1 atom stereocenters. The Labute approximate surface area is 155 Å².